The van der Waals surface area contributed by atoms with Crippen LogP contribution in [0, 0.1) is 5.92 Å². The number of nitrogens with zero attached hydrogens (tertiary/aromatic N) is 1. The fourth-order valence-electron chi connectivity index (χ4n) is 2.51. The Morgan fingerprint density at radius 2 is 2.11 bits per heavy atom. The van der Waals surface area contributed by atoms with E-state index in [1.165, 1.54) is 19.5 Å². The van der Waals surface area contributed by atoms with Gasteiger partial charge in [-0.15, -0.1) is 0 Å². The van der Waals surface area contributed by atoms with Crippen molar-refractivity contribution >= 4 is 22.9 Å². The van der Waals surface area contributed by atoms with Crippen LogP contribution in [0.25, 0.3) is 0 Å². The van der Waals surface area contributed by atoms with Crippen LogP contribution in [0.1, 0.15) is 25.8 Å². The number of anilines is 1. The van der Waals surface area contributed by atoms with E-state index in [0.29, 0.717) is 11.0 Å². The third-order valence-electron chi connectivity index (χ3n) is 3.81. The predicted molar refractivity (Wildman–Crippen MR) is 85.6 cm³/mol. The van der Waals surface area contributed by atoms with Crippen molar-refractivity contribution in [3.05, 3.63) is 29.8 Å². The van der Waals surface area contributed by atoms with Crippen molar-refractivity contribution in [1.29, 1.82) is 0 Å². The van der Waals surface area contributed by atoms with Crippen LogP contribution in [0.4, 0.5) is 5.69 Å². The molecule has 1 saturated heterocycles. The number of rotatable bonds is 5. The zero-order valence-electron chi connectivity index (χ0n) is 11.7. The molecule has 3 nitrogen and oxygen atoms in total. The minimum absolute atomic E-state index is 0.454. The van der Waals surface area contributed by atoms with Gasteiger partial charge in [-0.3, -0.25) is 0 Å². The molecule has 1 aromatic carbocycles. The molecule has 4 heteroatoms. The van der Waals surface area contributed by atoms with Crippen molar-refractivity contribution < 1.29 is 0 Å². The Bertz CT molecular complexity index is 428. The molecule has 1 aromatic rings. The third-order valence-corrected chi connectivity index (χ3v) is 4.05. The van der Waals surface area contributed by atoms with Gasteiger partial charge in [-0.25, -0.2) is 0 Å². The van der Waals surface area contributed by atoms with Gasteiger partial charge in [-0.1, -0.05) is 12.2 Å². The van der Waals surface area contributed by atoms with Gasteiger partial charge in [0.05, 0.1) is 0 Å². The number of hydrogen-bond donors (Lipinski definition) is 2. The van der Waals surface area contributed by atoms with Crippen molar-refractivity contribution in [2.24, 2.45) is 11.7 Å². The van der Waals surface area contributed by atoms with E-state index in [-0.39, 0.29) is 0 Å². The lowest BCUT2D eigenvalue weighted by Crippen LogP contribution is -2.29. The van der Waals surface area contributed by atoms with E-state index in [9.17, 15) is 0 Å². The highest BCUT2D eigenvalue weighted by Gasteiger charge is 2.23. The van der Waals surface area contributed by atoms with Crippen LogP contribution in [-0.2, 0) is 0 Å². The molecule has 1 aliphatic heterocycles. The van der Waals surface area contributed by atoms with E-state index in [2.05, 4.69) is 24.1 Å². The first-order chi connectivity index (χ1) is 9.06. The Morgan fingerprint density at radius 1 is 1.42 bits per heavy atom. The molecular formula is C15H23N3S. The summed E-state index contributed by atoms with van der Waals surface area (Å²) in [5.41, 5.74) is 7.65. The standard InChI is InChI=1S/C15H23N3S/c1-11(2)18-8-7-12(10-18)9-17-14-5-3-13(4-6-14)15(16)19/h3-6,11-12,17H,7-10H2,1-2H3,(H2,16,19). The number of nitrogens with one attached hydrogen (secondary N) is 1. The third kappa shape index (κ3) is 3.91. The summed E-state index contributed by atoms with van der Waals surface area (Å²) in [5.74, 6) is 0.748. The summed E-state index contributed by atoms with van der Waals surface area (Å²) in [4.78, 5) is 3.00. The van der Waals surface area contributed by atoms with Crippen LogP contribution < -0.4 is 11.1 Å². The highest BCUT2D eigenvalue weighted by Crippen LogP contribution is 2.19. The smallest absolute Gasteiger partial charge is 0.103 e. The van der Waals surface area contributed by atoms with Gasteiger partial charge in [0, 0.05) is 30.4 Å². The lowest BCUT2D eigenvalue weighted by atomic mass is 10.1. The lowest BCUT2D eigenvalue weighted by Gasteiger charge is -2.20. The van der Waals surface area contributed by atoms with Gasteiger partial charge in [0.1, 0.15) is 4.99 Å². The van der Waals surface area contributed by atoms with E-state index >= 15 is 0 Å². The van der Waals surface area contributed by atoms with Crippen LogP contribution in [0.2, 0.25) is 0 Å². The van der Waals surface area contributed by atoms with Gasteiger partial charge in [0.25, 0.3) is 0 Å². The zero-order chi connectivity index (χ0) is 13.8. The first-order valence-corrected chi connectivity index (χ1v) is 7.35. The van der Waals surface area contributed by atoms with Gasteiger partial charge < -0.3 is 16.0 Å². The summed E-state index contributed by atoms with van der Waals surface area (Å²) < 4.78 is 0. The summed E-state index contributed by atoms with van der Waals surface area (Å²) >= 11 is 4.95. The topological polar surface area (TPSA) is 41.3 Å². The highest BCUT2D eigenvalue weighted by atomic mass is 32.1. The molecule has 3 N–H and O–H groups in total. The molecule has 0 saturated carbocycles. The Labute approximate surface area is 121 Å². The van der Waals surface area contributed by atoms with Crippen LogP contribution in [0.3, 0.4) is 0 Å². The highest BCUT2D eigenvalue weighted by molar-refractivity contribution is 7.80. The average Bonchev–Trinajstić information content (AvgIpc) is 2.86. The van der Waals surface area contributed by atoms with Crippen molar-refractivity contribution in [1.82, 2.24) is 4.90 Å². The summed E-state index contributed by atoms with van der Waals surface area (Å²) in [6.45, 7) is 8.00. The van der Waals surface area contributed by atoms with Gasteiger partial charge in [-0.05, 0) is 57.0 Å². The van der Waals surface area contributed by atoms with Gasteiger partial charge in [0.2, 0.25) is 0 Å². The molecule has 0 aliphatic carbocycles. The fourth-order valence-corrected chi connectivity index (χ4v) is 2.65. The quantitative estimate of drug-likeness (QED) is 0.811. The SMILES string of the molecule is CC(C)N1CCC(CNc2ccc(C(N)=S)cc2)C1. The first-order valence-electron chi connectivity index (χ1n) is 6.94. The Morgan fingerprint density at radius 3 is 2.63 bits per heavy atom. The van der Waals surface area contributed by atoms with E-state index in [0.717, 1.165) is 23.7 Å². The van der Waals surface area contributed by atoms with Crippen LogP contribution in [0.15, 0.2) is 24.3 Å². The summed E-state index contributed by atoms with van der Waals surface area (Å²) in [6, 6.07) is 8.70. The number of likely N-dealkylation sites (tertiary alicyclic amines) is 1. The molecule has 0 radical (unpaired) electrons. The van der Waals surface area contributed by atoms with Crippen molar-refractivity contribution in [2.45, 2.75) is 26.3 Å². The zero-order valence-corrected chi connectivity index (χ0v) is 12.5. The van der Waals surface area contributed by atoms with E-state index < -0.39 is 0 Å². The molecule has 104 valence electrons. The molecule has 1 fully saturated rings. The lowest BCUT2D eigenvalue weighted by molar-refractivity contribution is 0.266. The molecule has 0 bridgehead atoms. The molecule has 1 unspecified atom stereocenters. The monoisotopic (exact) mass is 277 g/mol. The van der Waals surface area contributed by atoms with Crippen LogP contribution >= 0.6 is 12.2 Å². The van der Waals surface area contributed by atoms with Gasteiger partial charge >= 0.3 is 0 Å². The van der Waals surface area contributed by atoms with Crippen molar-refractivity contribution in [2.75, 3.05) is 25.0 Å². The molecule has 1 atom stereocenters. The maximum absolute atomic E-state index is 5.59. The van der Waals surface area contributed by atoms with Gasteiger partial charge in [0.15, 0.2) is 0 Å². The van der Waals surface area contributed by atoms with E-state index in [4.69, 9.17) is 18.0 Å². The number of nitrogens with two attached hydrogens (primary N) is 1. The molecule has 2 rings (SSSR count). The average molecular weight is 277 g/mol. The predicted octanol–water partition coefficient (Wildman–Crippen LogP) is 2.46. The summed E-state index contributed by atoms with van der Waals surface area (Å²) in [7, 11) is 0. The molecule has 0 aromatic heterocycles. The molecule has 1 aliphatic rings. The normalized spacial score (nSPS) is 19.8. The minimum Gasteiger partial charge on any atom is -0.389 e. The van der Waals surface area contributed by atoms with Crippen LogP contribution in [-0.4, -0.2) is 35.6 Å². The second kappa shape index (κ2) is 6.35. The maximum atomic E-state index is 5.59. The fraction of sp³-hybridized carbons (Fsp3) is 0.533. The summed E-state index contributed by atoms with van der Waals surface area (Å²) in [5, 5.41) is 3.50. The second-order valence-corrected chi connectivity index (χ2v) is 6.01. The Balaban J connectivity index is 1.81. The van der Waals surface area contributed by atoms with Gasteiger partial charge in [-0.2, -0.15) is 0 Å². The molecule has 1 heterocycles. The first kappa shape index (κ1) is 14.3. The molecular weight excluding hydrogens is 254 g/mol. The minimum atomic E-state index is 0.454. The van der Waals surface area contributed by atoms with Crippen LogP contribution in [0.5, 0.6) is 0 Å². The second-order valence-electron chi connectivity index (χ2n) is 5.57. The molecule has 0 spiro atoms. The maximum Gasteiger partial charge on any atom is 0.103 e. The number of benzene rings is 1. The number of hydrogen-bond acceptors (Lipinski definition) is 3. The molecule has 0 amide bonds. The Hall–Kier alpha value is -1.13. The Kier molecular flexibility index (Phi) is 4.77. The van der Waals surface area contributed by atoms with Crippen molar-refractivity contribution in [3.8, 4) is 0 Å². The van der Waals surface area contributed by atoms with E-state index in [1.807, 2.05) is 24.3 Å². The van der Waals surface area contributed by atoms with Crippen molar-refractivity contribution in [3.63, 3.8) is 0 Å². The number of thiocarbonyl (C=S) groups is 1. The van der Waals surface area contributed by atoms with E-state index in [1.54, 1.807) is 0 Å². The molecule has 19 heavy (non-hydrogen) atoms. The summed E-state index contributed by atoms with van der Waals surface area (Å²) in [6.07, 6.45) is 1.29. The largest absolute Gasteiger partial charge is 0.389 e.